The Labute approximate surface area is 118 Å². The van der Waals surface area contributed by atoms with E-state index in [4.69, 9.17) is 4.42 Å². The van der Waals surface area contributed by atoms with Crippen LogP contribution in [0.15, 0.2) is 16.5 Å². The van der Waals surface area contributed by atoms with Crippen molar-refractivity contribution in [1.29, 1.82) is 0 Å². The minimum atomic E-state index is -0.736. The maximum Gasteiger partial charge on any atom is 0.309 e. The van der Waals surface area contributed by atoms with E-state index in [0.717, 1.165) is 6.42 Å². The molecule has 2 heterocycles. The zero-order chi connectivity index (χ0) is 14.8. The molecule has 5 heteroatoms. The van der Waals surface area contributed by atoms with Gasteiger partial charge in [0.1, 0.15) is 5.76 Å². The van der Waals surface area contributed by atoms with Crippen LogP contribution in [0.25, 0.3) is 0 Å². The number of carboxylic acid groups (broad SMARTS) is 1. The number of carbonyl (C=O) groups is 2. The average molecular weight is 279 g/mol. The number of rotatable bonds is 4. The lowest BCUT2D eigenvalue weighted by Gasteiger charge is -2.38. The van der Waals surface area contributed by atoms with Crippen molar-refractivity contribution in [3.8, 4) is 0 Å². The number of hydrogen-bond donors (Lipinski definition) is 1. The van der Waals surface area contributed by atoms with Crippen LogP contribution in [0, 0.1) is 12.3 Å². The quantitative estimate of drug-likeness (QED) is 0.919. The number of likely N-dealkylation sites (tertiary alicyclic amines) is 1. The summed E-state index contributed by atoms with van der Waals surface area (Å²) < 4.78 is 5.34. The summed E-state index contributed by atoms with van der Waals surface area (Å²) in [5.41, 5.74) is -0.662. The average Bonchev–Trinajstić information content (AvgIpc) is 2.85. The first-order chi connectivity index (χ1) is 9.48. The number of aliphatic carboxylic acids is 1. The molecule has 1 N–H and O–H groups in total. The molecule has 0 aliphatic carbocycles. The van der Waals surface area contributed by atoms with Crippen LogP contribution < -0.4 is 0 Å². The SMILES string of the molecule is CCCC1(C(=O)O)CCN(C(=O)c2ccc(C)o2)CC1. The van der Waals surface area contributed by atoms with Crippen LogP contribution in [0.3, 0.4) is 0 Å². The number of piperidine rings is 1. The van der Waals surface area contributed by atoms with Crippen molar-refractivity contribution in [1.82, 2.24) is 4.90 Å². The molecule has 1 fully saturated rings. The van der Waals surface area contributed by atoms with E-state index in [1.54, 1.807) is 24.0 Å². The van der Waals surface area contributed by atoms with E-state index in [9.17, 15) is 14.7 Å². The highest BCUT2D eigenvalue weighted by atomic mass is 16.4. The molecule has 1 aliphatic rings. The summed E-state index contributed by atoms with van der Waals surface area (Å²) >= 11 is 0. The molecule has 0 radical (unpaired) electrons. The molecule has 1 saturated heterocycles. The largest absolute Gasteiger partial charge is 0.481 e. The number of nitrogens with zero attached hydrogens (tertiary/aromatic N) is 1. The van der Waals surface area contributed by atoms with Crippen molar-refractivity contribution in [3.05, 3.63) is 23.7 Å². The maximum atomic E-state index is 12.2. The van der Waals surface area contributed by atoms with Crippen molar-refractivity contribution in [2.24, 2.45) is 5.41 Å². The molecule has 1 amide bonds. The van der Waals surface area contributed by atoms with Gasteiger partial charge in [-0.2, -0.15) is 0 Å². The highest BCUT2D eigenvalue weighted by molar-refractivity contribution is 5.91. The van der Waals surface area contributed by atoms with Crippen LogP contribution in [0.1, 0.15) is 48.9 Å². The highest BCUT2D eigenvalue weighted by Gasteiger charge is 2.41. The smallest absolute Gasteiger partial charge is 0.309 e. The number of amides is 1. The molecular formula is C15H21NO4. The van der Waals surface area contributed by atoms with E-state index in [1.165, 1.54) is 0 Å². The third-order valence-corrected chi connectivity index (χ3v) is 4.14. The Balaban J connectivity index is 2.03. The zero-order valence-corrected chi connectivity index (χ0v) is 12.0. The van der Waals surface area contributed by atoms with Crippen molar-refractivity contribution >= 4 is 11.9 Å². The van der Waals surface area contributed by atoms with E-state index in [1.807, 2.05) is 6.92 Å². The van der Waals surface area contributed by atoms with Gasteiger partial charge in [0, 0.05) is 13.1 Å². The Morgan fingerprint density at radius 2 is 2.00 bits per heavy atom. The molecule has 20 heavy (non-hydrogen) atoms. The predicted molar refractivity (Wildman–Crippen MR) is 73.6 cm³/mol. The predicted octanol–water partition coefficient (Wildman–Crippen LogP) is 2.70. The standard InChI is InChI=1S/C15H21NO4/c1-3-6-15(14(18)19)7-9-16(10-8-15)13(17)12-5-4-11(2)20-12/h4-5H,3,6-10H2,1-2H3,(H,18,19). The fraction of sp³-hybridized carbons (Fsp3) is 0.600. The lowest BCUT2D eigenvalue weighted by molar-refractivity contribution is -0.152. The lowest BCUT2D eigenvalue weighted by Crippen LogP contribution is -2.46. The second kappa shape index (κ2) is 5.69. The van der Waals surface area contributed by atoms with E-state index in [-0.39, 0.29) is 5.91 Å². The Morgan fingerprint density at radius 3 is 2.45 bits per heavy atom. The van der Waals surface area contributed by atoms with Crippen LogP contribution in [-0.2, 0) is 4.79 Å². The van der Waals surface area contributed by atoms with Gasteiger partial charge in [0.25, 0.3) is 5.91 Å². The van der Waals surface area contributed by atoms with E-state index in [2.05, 4.69) is 0 Å². The number of carboxylic acids is 1. The van der Waals surface area contributed by atoms with Crippen molar-refractivity contribution in [2.45, 2.75) is 39.5 Å². The van der Waals surface area contributed by atoms with Crippen molar-refractivity contribution in [3.63, 3.8) is 0 Å². The van der Waals surface area contributed by atoms with E-state index >= 15 is 0 Å². The molecule has 1 aliphatic heterocycles. The first kappa shape index (κ1) is 14.6. The second-order valence-corrected chi connectivity index (χ2v) is 5.54. The molecule has 0 atom stereocenters. The molecule has 5 nitrogen and oxygen atoms in total. The fourth-order valence-electron chi connectivity index (χ4n) is 2.89. The number of hydrogen-bond acceptors (Lipinski definition) is 3. The van der Waals surface area contributed by atoms with Crippen molar-refractivity contribution < 1.29 is 19.1 Å². The number of carbonyl (C=O) groups excluding carboxylic acids is 1. The molecule has 1 aromatic rings. The summed E-state index contributed by atoms with van der Waals surface area (Å²) in [5, 5.41) is 9.44. The molecule has 2 rings (SSSR count). The summed E-state index contributed by atoms with van der Waals surface area (Å²) in [6, 6.07) is 3.43. The molecular weight excluding hydrogens is 258 g/mol. The van der Waals surface area contributed by atoms with Gasteiger partial charge < -0.3 is 14.4 Å². The first-order valence-corrected chi connectivity index (χ1v) is 7.07. The Morgan fingerprint density at radius 1 is 1.35 bits per heavy atom. The normalized spacial score (nSPS) is 18.0. The van der Waals surface area contributed by atoms with E-state index < -0.39 is 11.4 Å². The van der Waals surface area contributed by atoms with E-state index in [0.29, 0.717) is 43.9 Å². The second-order valence-electron chi connectivity index (χ2n) is 5.54. The first-order valence-electron chi connectivity index (χ1n) is 7.07. The molecule has 110 valence electrons. The van der Waals surface area contributed by atoms with Gasteiger partial charge in [0.05, 0.1) is 5.41 Å². The summed E-state index contributed by atoms with van der Waals surface area (Å²) in [6.45, 7) is 4.74. The summed E-state index contributed by atoms with van der Waals surface area (Å²) in [7, 11) is 0. The van der Waals surface area contributed by atoms with Gasteiger partial charge in [-0.3, -0.25) is 9.59 Å². The summed E-state index contributed by atoms with van der Waals surface area (Å²) in [5.74, 6) is 0.158. The van der Waals surface area contributed by atoms with Gasteiger partial charge in [0.2, 0.25) is 0 Å². The third kappa shape index (κ3) is 2.71. The van der Waals surface area contributed by atoms with Gasteiger partial charge in [-0.1, -0.05) is 13.3 Å². The molecule has 1 aromatic heterocycles. The molecule has 0 bridgehead atoms. The Kier molecular flexibility index (Phi) is 4.16. The summed E-state index contributed by atoms with van der Waals surface area (Å²) in [4.78, 5) is 25.4. The van der Waals surface area contributed by atoms with Gasteiger partial charge >= 0.3 is 5.97 Å². The lowest BCUT2D eigenvalue weighted by atomic mass is 9.75. The zero-order valence-electron chi connectivity index (χ0n) is 12.0. The van der Waals surface area contributed by atoms with Crippen LogP contribution in [0.5, 0.6) is 0 Å². The molecule has 0 spiro atoms. The fourth-order valence-corrected chi connectivity index (χ4v) is 2.89. The van der Waals surface area contributed by atoms with Crippen molar-refractivity contribution in [2.75, 3.05) is 13.1 Å². The Bertz CT molecular complexity index is 498. The number of furan rings is 1. The maximum absolute atomic E-state index is 12.2. The monoisotopic (exact) mass is 279 g/mol. The topological polar surface area (TPSA) is 70.8 Å². The minimum absolute atomic E-state index is 0.145. The van der Waals surface area contributed by atoms with Gasteiger partial charge in [-0.05, 0) is 38.3 Å². The molecule has 0 saturated carbocycles. The Hall–Kier alpha value is -1.78. The highest BCUT2D eigenvalue weighted by Crippen LogP contribution is 2.36. The third-order valence-electron chi connectivity index (χ3n) is 4.14. The number of aryl methyl sites for hydroxylation is 1. The van der Waals surface area contributed by atoms with Gasteiger partial charge in [0.15, 0.2) is 5.76 Å². The van der Waals surface area contributed by atoms with Gasteiger partial charge in [-0.25, -0.2) is 0 Å². The minimum Gasteiger partial charge on any atom is -0.481 e. The van der Waals surface area contributed by atoms with Crippen LogP contribution in [0.2, 0.25) is 0 Å². The van der Waals surface area contributed by atoms with Crippen LogP contribution >= 0.6 is 0 Å². The van der Waals surface area contributed by atoms with Gasteiger partial charge in [-0.15, -0.1) is 0 Å². The molecule has 0 aromatic carbocycles. The van der Waals surface area contributed by atoms with Crippen LogP contribution in [0.4, 0.5) is 0 Å². The van der Waals surface area contributed by atoms with Crippen LogP contribution in [-0.4, -0.2) is 35.0 Å². The molecule has 0 unspecified atom stereocenters. The summed E-state index contributed by atoms with van der Waals surface area (Å²) in [6.07, 6.45) is 2.55.